The van der Waals surface area contributed by atoms with E-state index in [1.807, 2.05) is 44.2 Å². The van der Waals surface area contributed by atoms with Crippen molar-refractivity contribution >= 4 is 40.0 Å². The highest BCUT2D eigenvalue weighted by Crippen LogP contribution is 2.31. The number of hydrogen-bond acceptors (Lipinski definition) is 6. The van der Waals surface area contributed by atoms with E-state index in [2.05, 4.69) is 22.5 Å². The monoisotopic (exact) mass is 475 g/mol. The number of amides is 1. The van der Waals surface area contributed by atoms with E-state index < -0.39 is 0 Å². The zero-order valence-electron chi connectivity index (χ0n) is 19.6. The van der Waals surface area contributed by atoms with Crippen LogP contribution in [0.2, 0.25) is 0 Å². The number of carbonyl (C=O) groups is 1. The predicted octanol–water partition coefficient (Wildman–Crippen LogP) is 5.56. The molecule has 0 radical (unpaired) electrons. The Morgan fingerprint density at radius 2 is 1.71 bits per heavy atom. The molecule has 34 heavy (non-hydrogen) atoms. The van der Waals surface area contributed by atoms with E-state index in [0.29, 0.717) is 23.0 Å². The molecule has 4 rings (SSSR count). The maximum atomic E-state index is 12.7. The lowest BCUT2D eigenvalue weighted by Gasteiger charge is -2.14. The molecule has 7 nitrogen and oxygen atoms in total. The molecule has 1 heterocycles. The second kappa shape index (κ2) is 9.52. The number of aryl methyl sites for hydroxylation is 2. The van der Waals surface area contributed by atoms with E-state index >= 15 is 0 Å². The Labute approximate surface area is 203 Å². The van der Waals surface area contributed by atoms with E-state index in [0.717, 1.165) is 39.0 Å². The van der Waals surface area contributed by atoms with Crippen molar-refractivity contribution in [1.29, 1.82) is 0 Å². The van der Waals surface area contributed by atoms with Crippen LogP contribution in [-0.2, 0) is 0 Å². The number of rotatable bonds is 5. The van der Waals surface area contributed by atoms with Gasteiger partial charge in [0.25, 0.3) is 5.91 Å². The molecule has 0 aliphatic rings. The predicted molar refractivity (Wildman–Crippen MR) is 137 cm³/mol. The number of methoxy groups -OCH3 is 2. The maximum Gasteiger partial charge on any atom is 0.257 e. The van der Waals surface area contributed by atoms with Crippen LogP contribution in [0.15, 0.2) is 52.9 Å². The lowest BCUT2D eigenvalue weighted by Crippen LogP contribution is -2.34. The Balaban J connectivity index is 1.53. The number of aromatic nitrogens is 1. The lowest BCUT2D eigenvalue weighted by molar-refractivity contribution is 0.0977. The van der Waals surface area contributed by atoms with Gasteiger partial charge >= 0.3 is 0 Å². The van der Waals surface area contributed by atoms with Gasteiger partial charge in [0.05, 0.1) is 14.2 Å². The first-order chi connectivity index (χ1) is 16.3. The molecule has 0 bridgehead atoms. The van der Waals surface area contributed by atoms with Crippen molar-refractivity contribution in [2.45, 2.75) is 20.8 Å². The average molecular weight is 476 g/mol. The first-order valence-electron chi connectivity index (χ1n) is 10.6. The zero-order chi connectivity index (χ0) is 24.4. The Kier molecular flexibility index (Phi) is 6.51. The maximum absolute atomic E-state index is 12.7. The quantitative estimate of drug-likeness (QED) is 0.365. The van der Waals surface area contributed by atoms with Crippen molar-refractivity contribution in [2.24, 2.45) is 0 Å². The van der Waals surface area contributed by atoms with Gasteiger partial charge < -0.3 is 19.2 Å². The van der Waals surface area contributed by atoms with Gasteiger partial charge in [-0.05, 0) is 92.1 Å². The van der Waals surface area contributed by atoms with Crippen LogP contribution >= 0.6 is 12.2 Å². The summed E-state index contributed by atoms with van der Waals surface area (Å²) in [5.74, 6) is 1.16. The van der Waals surface area contributed by atoms with Gasteiger partial charge in [0, 0.05) is 16.8 Å². The summed E-state index contributed by atoms with van der Waals surface area (Å²) in [4.78, 5) is 17.3. The summed E-state index contributed by atoms with van der Waals surface area (Å²) < 4.78 is 16.5. The van der Waals surface area contributed by atoms with Crippen molar-refractivity contribution < 1.29 is 18.7 Å². The third-order valence-electron chi connectivity index (χ3n) is 5.69. The SMILES string of the molecule is COc1ccc(C(=O)NC(=S)Nc2cccc(-c3nc4cc(C)c(C)cc4o3)c2C)cc1OC. The third kappa shape index (κ3) is 4.58. The number of thiocarbonyl (C=S) groups is 1. The fourth-order valence-corrected chi connectivity index (χ4v) is 3.81. The van der Waals surface area contributed by atoms with Crippen LogP contribution < -0.4 is 20.1 Å². The molecule has 174 valence electrons. The molecule has 4 aromatic rings. The van der Waals surface area contributed by atoms with Gasteiger partial charge in [-0.15, -0.1) is 0 Å². The molecule has 0 saturated carbocycles. The molecule has 0 aliphatic heterocycles. The summed E-state index contributed by atoms with van der Waals surface area (Å²) >= 11 is 5.38. The summed E-state index contributed by atoms with van der Waals surface area (Å²) in [5, 5.41) is 5.97. The van der Waals surface area contributed by atoms with Crippen molar-refractivity contribution in [2.75, 3.05) is 19.5 Å². The number of fused-ring (bicyclic) bond motifs is 1. The average Bonchev–Trinajstić information content (AvgIpc) is 3.22. The van der Waals surface area contributed by atoms with E-state index in [1.165, 1.54) is 14.2 Å². The topological polar surface area (TPSA) is 85.6 Å². The van der Waals surface area contributed by atoms with Crippen LogP contribution in [0.25, 0.3) is 22.6 Å². The lowest BCUT2D eigenvalue weighted by atomic mass is 10.1. The number of nitrogens with one attached hydrogen (secondary N) is 2. The van der Waals surface area contributed by atoms with Gasteiger partial charge in [-0.1, -0.05) is 6.07 Å². The Morgan fingerprint density at radius 3 is 2.44 bits per heavy atom. The number of benzene rings is 3. The second-order valence-electron chi connectivity index (χ2n) is 7.88. The molecule has 0 saturated heterocycles. The second-order valence-corrected chi connectivity index (χ2v) is 8.29. The van der Waals surface area contributed by atoms with Crippen LogP contribution in [0, 0.1) is 20.8 Å². The standard InChI is InChI=1S/C26H25N3O4S/c1-14-11-20-22(12-15(14)2)33-25(27-20)18-7-6-8-19(16(18)3)28-26(34)29-24(30)17-9-10-21(31-4)23(13-17)32-5/h6-13H,1-5H3,(H2,28,29,30,34). The number of carbonyl (C=O) groups excluding carboxylic acids is 1. The van der Waals surface area contributed by atoms with Crippen LogP contribution in [-0.4, -0.2) is 30.2 Å². The molecule has 3 aromatic carbocycles. The first-order valence-corrected chi connectivity index (χ1v) is 11.0. The molecule has 0 unspecified atom stereocenters. The molecule has 0 fully saturated rings. The van der Waals surface area contributed by atoms with Crippen LogP contribution in [0.3, 0.4) is 0 Å². The zero-order valence-corrected chi connectivity index (χ0v) is 20.4. The Hall–Kier alpha value is -3.91. The first kappa shape index (κ1) is 23.3. The van der Waals surface area contributed by atoms with Crippen molar-refractivity contribution in [3.63, 3.8) is 0 Å². The molecule has 1 amide bonds. The van der Waals surface area contributed by atoms with Crippen LogP contribution in [0.1, 0.15) is 27.0 Å². The van der Waals surface area contributed by atoms with E-state index in [-0.39, 0.29) is 11.0 Å². The van der Waals surface area contributed by atoms with Gasteiger partial charge in [0.1, 0.15) is 5.52 Å². The van der Waals surface area contributed by atoms with Crippen LogP contribution in [0.4, 0.5) is 5.69 Å². The van der Waals surface area contributed by atoms with E-state index in [9.17, 15) is 4.79 Å². The highest BCUT2D eigenvalue weighted by Gasteiger charge is 2.16. The largest absolute Gasteiger partial charge is 0.493 e. The Bertz CT molecular complexity index is 1370. The Morgan fingerprint density at radius 1 is 0.971 bits per heavy atom. The van der Waals surface area contributed by atoms with Gasteiger partial charge in [0.2, 0.25) is 5.89 Å². The summed E-state index contributed by atoms with van der Waals surface area (Å²) in [6.45, 7) is 6.04. The molecule has 8 heteroatoms. The number of ether oxygens (including phenoxy) is 2. The number of nitrogens with zero attached hydrogens (tertiary/aromatic N) is 1. The number of oxazole rings is 1. The minimum atomic E-state index is -0.364. The fraction of sp³-hybridized carbons (Fsp3) is 0.192. The minimum absolute atomic E-state index is 0.170. The molecule has 0 atom stereocenters. The van der Waals surface area contributed by atoms with Crippen molar-refractivity contribution in [3.8, 4) is 23.0 Å². The van der Waals surface area contributed by atoms with Crippen molar-refractivity contribution in [1.82, 2.24) is 10.3 Å². The van der Waals surface area contributed by atoms with Crippen LogP contribution in [0.5, 0.6) is 11.5 Å². The molecule has 1 aromatic heterocycles. The molecular formula is C26H25N3O4S. The minimum Gasteiger partial charge on any atom is -0.493 e. The van der Waals surface area contributed by atoms with Gasteiger partial charge in [-0.3, -0.25) is 10.1 Å². The molecular weight excluding hydrogens is 450 g/mol. The summed E-state index contributed by atoms with van der Waals surface area (Å²) in [5.41, 5.74) is 6.74. The number of hydrogen-bond donors (Lipinski definition) is 2. The smallest absolute Gasteiger partial charge is 0.257 e. The van der Waals surface area contributed by atoms with Gasteiger partial charge in [-0.25, -0.2) is 4.98 Å². The summed E-state index contributed by atoms with van der Waals surface area (Å²) in [6.07, 6.45) is 0. The summed E-state index contributed by atoms with van der Waals surface area (Å²) in [6, 6.07) is 14.6. The van der Waals surface area contributed by atoms with E-state index in [4.69, 9.17) is 26.1 Å². The molecule has 0 aliphatic carbocycles. The number of anilines is 1. The molecule has 2 N–H and O–H groups in total. The highest BCUT2D eigenvalue weighted by molar-refractivity contribution is 7.80. The highest BCUT2D eigenvalue weighted by atomic mass is 32.1. The fourth-order valence-electron chi connectivity index (χ4n) is 3.60. The van der Waals surface area contributed by atoms with Gasteiger partial charge in [0.15, 0.2) is 22.2 Å². The van der Waals surface area contributed by atoms with Crippen molar-refractivity contribution in [3.05, 3.63) is 70.8 Å². The summed E-state index contributed by atoms with van der Waals surface area (Å²) in [7, 11) is 3.05. The third-order valence-corrected chi connectivity index (χ3v) is 5.89. The normalized spacial score (nSPS) is 10.7. The molecule has 0 spiro atoms. The van der Waals surface area contributed by atoms with E-state index in [1.54, 1.807) is 18.2 Å². The van der Waals surface area contributed by atoms with Gasteiger partial charge in [-0.2, -0.15) is 0 Å².